The minimum atomic E-state index is 0.145. The average Bonchev–Trinajstić information content (AvgIpc) is 2.74. The fourth-order valence-electron chi connectivity index (χ4n) is 3.50. The third kappa shape index (κ3) is 3.92. The van der Waals surface area contributed by atoms with Gasteiger partial charge < -0.3 is 9.64 Å². The first-order valence-electron chi connectivity index (χ1n) is 9.47. The zero-order valence-electron chi connectivity index (χ0n) is 15.5. The molecule has 1 saturated heterocycles. The van der Waals surface area contributed by atoms with Gasteiger partial charge in [0, 0.05) is 55.7 Å². The Morgan fingerprint density at radius 1 is 1.11 bits per heavy atom. The van der Waals surface area contributed by atoms with Crippen LogP contribution in [0.1, 0.15) is 26.2 Å². The molecule has 0 radical (unpaired) electrons. The van der Waals surface area contributed by atoms with Crippen molar-refractivity contribution in [2.75, 3.05) is 13.1 Å². The number of fused-ring (bicyclic) bond motifs is 1. The van der Waals surface area contributed by atoms with Gasteiger partial charge >= 0.3 is 0 Å². The van der Waals surface area contributed by atoms with E-state index in [1.54, 1.807) is 12.4 Å². The molecule has 1 amide bonds. The van der Waals surface area contributed by atoms with Gasteiger partial charge in [-0.2, -0.15) is 0 Å². The number of nitrogens with zero attached hydrogens (tertiary/aromatic N) is 3. The van der Waals surface area contributed by atoms with Gasteiger partial charge in [-0.05, 0) is 29.7 Å². The Labute approximate surface area is 159 Å². The van der Waals surface area contributed by atoms with Crippen molar-refractivity contribution in [1.82, 2.24) is 14.9 Å². The lowest BCUT2D eigenvalue weighted by molar-refractivity contribution is -0.132. The summed E-state index contributed by atoms with van der Waals surface area (Å²) in [5.74, 6) is 1.01. The molecule has 0 atom stereocenters. The molecular formula is C22H23N3O2. The highest BCUT2D eigenvalue weighted by atomic mass is 16.5. The Bertz CT molecular complexity index is 932. The Hall–Kier alpha value is -2.95. The van der Waals surface area contributed by atoms with E-state index in [4.69, 9.17) is 4.74 Å². The maximum atomic E-state index is 11.8. The number of ether oxygens (including phenoxy) is 1. The highest BCUT2D eigenvalue weighted by Gasteiger charge is 2.23. The van der Waals surface area contributed by atoms with Crippen LogP contribution in [0.4, 0.5) is 0 Å². The highest BCUT2D eigenvalue weighted by Crippen LogP contribution is 2.25. The fourth-order valence-corrected chi connectivity index (χ4v) is 3.50. The molecule has 5 nitrogen and oxygen atoms in total. The van der Waals surface area contributed by atoms with E-state index in [0.29, 0.717) is 6.42 Å². The quantitative estimate of drug-likeness (QED) is 0.703. The lowest BCUT2D eigenvalue weighted by atomic mass is 10.1. The number of carbonyl (C=O) groups excluding carboxylic acids is 1. The van der Waals surface area contributed by atoms with Crippen molar-refractivity contribution < 1.29 is 9.53 Å². The van der Waals surface area contributed by atoms with E-state index in [1.807, 2.05) is 36.2 Å². The SMILES string of the molecule is CCC(=O)N1CCC(Oc2ccc(-c3ccc4cnccc4c3)nc2)CC1. The molecule has 0 spiro atoms. The molecule has 3 aromatic rings. The number of piperidine rings is 1. The number of hydrogen-bond donors (Lipinski definition) is 0. The molecule has 0 bridgehead atoms. The van der Waals surface area contributed by atoms with Crippen molar-refractivity contribution in [2.45, 2.75) is 32.3 Å². The second kappa shape index (κ2) is 7.74. The van der Waals surface area contributed by atoms with Crippen molar-refractivity contribution in [2.24, 2.45) is 0 Å². The van der Waals surface area contributed by atoms with Crippen molar-refractivity contribution in [3.63, 3.8) is 0 Å². The van der Waals surface area contributed by atoms with E-state index < -0.39 is 0 Å². The molecule has 0 unspecified atom stereocenters. The van der Waals surface area contributed by atoms with Gasteiger partial charge in [-0.3, -0.25) is 14.8 Å². The summed E-state index contributed by atoms with van der Waals surface area (Å²) in [7, 11) is 0. The molecule has 1 fully saturated rings. The molecule has 27 heavy (non-hydrogen) atoms. The van der Waals surface area contributed by atoms with E-state index in [2.05, 4.69) is 28.2 Å². The molecule has 0 aliphatic carbocycles. The number of likely N-dealkylation sites (tertiary alicyclic amines) is 1. The number of rotatable bonds is 4. The second-order valence-electron chi connectivity index (χ2n) is 6.87. The number of benzene rings is 1. The first kappa shape index (κ1) is 17.5. The first-order valence-corrected chi connectivity index (χ1v) is 9.47. The predicted octanol–water partition coefficient (Wildman–Crippen LogP) is 4.08. The van der Waals surface area contributed by atoms with Crippen molar-refractivity contribution in [1.29, 1.82) is 0 Å². The largest absolute Gasteiger partial charge is 0.489 e. The van der Waals surface area contributed by atoms with Crippen LogP contribution >= 0.6 is 0 Å². The van der Waals surface area contributed by atoms with Crippen LogP contribution in [0.25, 0.3) is 22.0 Å². The molecule has 1 aliphatic rings. The minimum Gasteiger partial charge on any atom is -0.489 e. The first-order chi connectivity index (χ1) is 13.2. The Morgan fingerprint density at radius 2 is 1.96 bits per heavy atom. The number of pyridine rings is 2. The zero-order valence-corrected chi connectivity index (χ0v) is 15.5. The molecule has 4 rings (SSSR count). The molecule has 0 saturated carbocycles. The van der Waals surface area contributed by atoms with E-state index >= 15 is 0 Å². The summed E-state index contributed by atoms with van der Waals surface area (Å²) >= 11 is 0. The van der Waals surface area contributed by atoms with Crippen LogP contribution in [0.2, 0.25) is 0 Å². The summed E-state index contributed by atoms with van der Waals surface area (Å²) in [6.45, 7) is 3.45. The summed E-state index contributed by atoms with van der Waals surface area (Å²) in [5, 5.41) is 2.27. The van der Waals surface area contributed by atoms with Crippen LogP contribution in [0.3, 0.4) is 0 Å². The predicted molar refractivity (Wildman–Crippen MR) is 105 cm³/mol. The molecular weight excluding hydrogens is 338 g/mol. The van der Waals surface area contributed by atoms with Gasteiger partial charge in [0.05, 0.1) is 11.9 Å². The smallest absolute Gasteiger partial charge is 0.222 e. The van der Waals surface area contributed by atoms with Crippen molar-refractivity contribution >= 4 is 16.7 Å². The molecule has 1 aliphatic heterocycles. The van der Waals surface area contributed by atoms with Gasteiger partial charge in [0.1, 0.15) is 11.9 Å². The normalized spacial score (nSPS) is 15.1. The lowest BCUT2D eigenvalue weighted by Crippen LogP contribution is -2.41. The van der Waals surface area contributed by atoms with Gasteiger partial charge in [0.2, 0.25) is 5.91 Å². The number of aromatic nitrogens is 2. The van der Waals surface area contributed by atoms with E-state index in [9.17, 15) is 4.79 Å². The molecule has 0 N–H and O–H groups in total. The van der Waals surface area contributed by atoms with Gasteiger partial charge in [-0.1, -0.05) is 19.1 Å². The van der Waals surface area contributed by atoms with E-state index in [0.717, 1.165) is 53.7 Å². The maximum Gasteiger partial charge on any atom is 0.222 e. The van der Waals surface area contributed by atoms with Gasteiger partial charge in [-0.15, -0.1) is 0 Å². The summed E-state index contributed by atoms with van der Waals surface area (Å²) in [5.41, 5.74) is 2.00. The Morgan fingerprint density at radius 3 is 2.70 bits per heavy atom. The van der Waals surface area contributed by atoms with Crippen LogP contribution in [0.15, 0.2) is 55.0 Å². The number of carbonyl (C=O) groups is 1. The molecule has 138 valence electrons. The van der Waals surface area contributed by atoms with Crippen LogP contribution in [0.5, 0.6) is 5.75 Å². The third-order valence-electron chi connectivity index (χ3n) is 5.07. The molecule has 2 aromatic heterocycles. The maximum absolute atomic E-state index is 11.8. The minimum absolute atomic E-state index is 0.145. The summed E-state index contributed by atoms with van der Waals surface area (Å²) in [6.07, 6.45) is 7.90. The molecule has 5 heteroatoms. The number of hydrogen-bond acceptors (Lipinski definition) is 4. The lowest BCUT2D eigenvalue weighted by Gasteiger charge is -2.32. The third-order valence-corrected chi connectivity index (χ3v) is 5.07. The van der Waals surface area contributed by atoms with Gasteiger partial charge in [0.15, 0.2) is 0 Å². The van der Waals surface area contributed by atoms with Crippen LogP contribution < -0.4 is 4.74 Å². The summed E-state index contributed by atoms with van der Waals surface area (Å²) in [6, 6.07) is 12.2. The summed E-state index contributed by atoms with van der Waals surface area (Å²) in [4.78, 5) is 22.4. The second-order valence-corrected chi connectivity index (χ2v) is 6.87. The monoisotopic (exact) mass is 361 g/mol. The van der Waals surface area contributed by atoms with Gasteiger partial charge in [-0.25, -0.2) is 0 Å². The van der Waals surface area contributed by atoms with Crippen molar-refractivity contribution in [3.8, 4) is 17.0 Å². The van der Waals surface area contributed by atoms with E-state index in [-0.39, 0.29) is 12.0 Å². The summed E-state index contributed by atoms with van der Waals surface area (Å²) < 4.78 is 6.07. The van der Waals surface area contributed by atoms with Crippen molar-refractivity contribution in [3.05, 3.63) is 55.0 Å². The highest BCUT2D eigenvalue weighted by molar-refractivity contribution is 5.86. The standard InChI is InChI=1S/C22H23N3O2/c1-2-22(26)25-11-8-19(9-12-25)27-20-5-6-21(24-15-20)17-3-4-18-14-23-10-7-16(18)13-17/h3-7,10,13-15,19H,2,8-9,11-12H2,1H3. The Balaban J connectivity index is 1.41. The van der Waals surface area contributed by atoms with Gasteiger partial charge in [0.25, 0.3) is 0 Å². The Kier molecular flexibility index (Phi) is 5.01. The molecule has 1 aromatic carbocycles. The topological polar surface area (TPSA) is 55.3 Å². The van der Waals surface area contributed by atoms with E-state index in [1.165, 1.54) is 0 Å². The molecule has 3 heterocycles. The fraction of sp³-hybridized carbons (Fsp3) is 0.318. The van der Waals surface area contributed by atoms with Crippen LogP contribution in [-0.4, -0.2) is 40.0 Å². The van der Waals surface area contributed by atoms with Crippen LogP contribution in [0, 0.1) is 0 Å². The number of amides is 1. The zero-order chi connectivity index (χ0) is 18.6. The van der Waals surface area contributed by atoms with Crippen LogP contribution in [-0.2, 0) is 4.79 Å². The average molecular weight is 361 g/mol.